The zero-order valence-corrected chi connectivity index (χ0v) is 26.2. The largest absolute Gasteiger partial charge is 0.495 e. The van der Waals surface area contributed by atoms with Crippen LogP contribution < -0.4 is 15.1 Å². The van der Waals surface area contributed by atoms with Crippen LogP contribution in [0.25, 0.3) is 16.5 Å². The number of H-pyrrole nitrogens is 1. The monoisotopic (exact) mass is 603 g/mol. The number of aromatic amines is 1. The maximum absolute atomic E-state index is 16.4. The Labute approximate surface area is 257 Å². The predicted molar refractivity (Wildman–Crippen MR) is 168 cm³/mol. The molecular formula is C32H39BFN5O5. The Kier molecular flexibility index (Phi) is 7.69. The molecule has 0 spiro atoms. The SMILES string of the molecule is COc1cccnc1N1CCN(C(=O)c2cc3c(B4OC(C)(C)C(C)(C)O4)cc(C4=CCCN(C(C)=O)C4)c(F)c3[nH]2)CC1. The number of amides is 2. The number of benzene rings is 1. The molecular weight excluding hydrogens is 564 g/mol. The number of pyridine rings is 1. The van der Waals surface area contributed by atoms with Gasteiger partial charge < -0.3 is 33.7 Å². The van der Waals surface area contributed by atoms with Crippen molar-refractivity contribution in [3.8, 4) is 5.75 Å². The number of piperazine rings is 1. The van der Waals surface area contributed by atoms with Crippen molar-refractivity contribution in [3.63, 3.8) is 0 Å². The van der Waals surface area contributed by atoms with Crippen LogP contribution in [-0.4, -0.2) is 96.3 Å². The number of methoxy groups -OCH3 is 1. The summed E-state index contributed by atoms with van der Waals surface area (Å²) in [6.45, 7) is 12.4. The first-order valence-corrected chi connectivity index (χ1v) is 15.1. The van der Waals surface area contributed by atoms with Gasteiger partial charge in [0.25, 0.3) is 5.91 Å². The number of nitrogens with one attached hydrogen (secondary N) is 1. The molecule has 0 saturated carbocycles. The Balaban J connectivity index is 1.34. The minimum absolute atomic E-state index is 0.0578. The summed E-state index contributed by atoms with van der Waals surface area (Å²) in [7, 11) is 0.841. The van der Waals surface area contributed by atoms with Gasteiger partial charge >= 0.3 is 7.12 Å². The normalized spacial score (nSPS) is 19.8. The molecule has 0 bridgehead atoms. The van der Waals surface area contributed by atoms with Gasteiger partial charge in [0.05, 0.1) is 23.8 Å². The maximum atomic E-state index is 16.4. The summed E-state index contributed by atoms with van der Waals surface area (Å²) < 4.78 is 34.6. The second kappa shape index (κ2) is 11.2. The molecule has 5 heterocycles. The molecule has 44 heavy (non-hydrogen) atoms. The molecule has 0 unspecified atom stereocenters. The van der Waals surface area contributed by atoms with Gasteiger partial charge in [0, 0.05) is 63.3 Å². The van der Waals surface area contributed by atoms with E-state index in [2.05, 4.69) is 14.9 Å². The van der Waals surface area contributed by atoms with Gasteiger partial charge in [-0.1, -0.05) is 12.1 Å². The Hall–Kier alpha value is -3.90. The third-order valence-corrected chi connectivity index (χ3v) is 9.40. The first kappa shape index (κ1) is 30.1. The standard InChI is InChI=1S/C32H39BFN5O5/c1-20(40)39-12-8-9-21(19-39)22-17-24(33-43-31(2,3)32(4,5)44-33)23-18-25(36-28(23)27(22)34)30(41)38-15-13-37(14-16-38)29-26(42-6)10-7-11-35-29/h7,9-11,17-18,36H,8,12-16,19H2,1-6H3. The summed E-state index contributed by atoms with van der Waals surface area (Å²) in [4.78, 5) is 39.1. The summed E-state index contributed by atoms with van der Waals surface area (Å²) in [6.07, 6.45) is 4.33. The minimum atomic E-state index is -0.773. The van der Waals surface area contributed by atoms with Crippen LogP contribution in [0.15, 0.2) is 36.5 Å². The van der Waals surface area contributed by atoms with Gasteiger partial charge in [-0.15, -0.1) is 0 Å². The van der Waals surface area contributed by atoms with Gasteiger partial charge in [-0.3, -0.25) is 9.59 Å². The smallest absolute Gasteiger partial charge is 0.493 e. The Morgan fingerprint density at radius 2 is 1.75 bits per heavy atom. The lowest BCUT2D eigenvalue weighted by atomic mass is 9.75. The number of anilines is 1. The molecule has 3 aliphatic heterocycles. The molecule has 10 nitrogen and oxygen atoms in total. The first-order valence-electron chi connectivity index (χ1n) is 15.1. The lowest BCUT2D eigenvalue weighted by Crippen LogP contribution is -2.49. The van der Waals surface area contributed by atoms with Crippen LogP contribution >= 0.6 is 0 Å². The minimum Gasteiger partial charge on any atom is -0.493 e. The number of aromatic nitrogens is 2. The molecule has 12 heteroatoms. The van der Waals surface area contributed by atoms with E-state index in [1.165, 1.54) is 6.92 Å². The molecule has 0 atom stereocenters. The van der Waals surface area contributed by atoms with Crippen LogP contribution in [0.1, 0.15) is 57.1 Å². The number of hydrogen-bond acceptors (Lipinski definition) is 7. The van der Waals surface area contributed by atoms with E-state index in [9.17, 15) is 9.59 Å². The highest BCUT2D eigenvalue weighted by atomic mass is 19.1. The Bertz CT molecular complexity index is 1630. The number of carbonyl (C=O) groups is 2. The fourth-order valence-corrected chi connectivity index (χ4v) is 6.08. The van der Waals surface area contributed by atoms with Gasteiger partial charge in [-0.2, -0.15) is 0 Å². The van der Waals surface area contributed by atoms with E-state index in [-0.39, 0.29) is 17.3 Å². The fourth-order valence-electron chi connectivity index (χ4n) is 6.08. The lowest BCUT2D eigenvalue weighted by molar-refractivity contribution is -0.128. The van der Waals surface area contributed by atoms with Crippen molar-refractivity contribution < 1.29 is 28.0 Å². The summed E-state index contributed by atoms with van der Waals surface area (Å²) in [6, 6.07) is 7.16. The van der Waals surface area contributed by atoms with E-state index >= 15 is 4.39 Å². The highest BCUT2D eigenvalue weighted by Gasteiger charge is 2.52. The van der Waals surface area contributed by atoms with Crippen molar-refractivity contribution in [2.75, 3.05) is 51.3 Å². The molecule has 2 amide bonds. The van der Waals surface area contributed by atoms with Gasteiger partial charge in [-0.05, 0) is 63.4 Å². The first-order chi connectivity index (χ1) is 20.9. The zero-order valence-electron chi connectivity index (χ0n) is 26.2. The van der Waals surface area contributed by atoms with Crippen molar-refractivity contribution in [2.24, 2.45) is 0 Å². The van der Waals surface area contributed by atoms with Crippen molar-refractivity contribution >= 4 is 46.7 Å². The highest BCUT2D eigenvalue weighted by molar-refractivity contribution is 6.65. The van der Waals surface area contributed by atoms with Crippen LogP contribution in [-0.2, 0) is 14.1 Å². The van der Waals surface area contributed by atoms with Crippen LogP contribution in [0.5, 0.6) is 5.75 Å². The van der Waals surface area contributed by atoms with E-state index in [1.807, 2.05) is 45.9 Å². The summed E-state index contributed by atoms with van der Waals surface area (Å²) >= 11 is 0. The van der Waals surface area contributed by atoms with Crippen LogP contribution in [0.4, 0.5) is 10.2 Å². The van der Waals surface area contributed by atoms with Crippen molar-refractivity contribution in [3.05, 3.63) is 53.6 Å². The van der Waals surface area contributed by atoms with Gasteiger partial charge in [0.15, 0.2) is 17.4 Å². The van der Waals surface area contributed by atoms with E-state index in [0.29, 0.717) is 79.1 Å². The van der Waals surface area contributed by atoms with Gasteiger partial charge in [0.1, 0.15) is 5.69 Å². The van der Waals surface area contributed by atoms with E-state index in [4.69, 9.17) is 14.0 Å². The summed E-state index contributed by atoms with van der Waals surface area (Å²) in [5.41, 5.74) is 1.00. The van der Waals surface area contributed by atoms with E-state index in [1.54, 1.807) is 35.2 Å². The predicted octanol–water partition coefficient (Wildman–Crippen LogP) is 3.61. The molecule has 1 aromatic carbocycles. The molecule has 1 N–H and O–H groups in total. The van der Waals surface area contributed by atoms with E-state index in [0.717, 1.165) is 5.82 Å². The van der Waals surface area contributed by atoms with Crippen LogP contribution in [0, 0.1) is 5.82 Å². The molecule has 6 rings (SSSR count). The maximum Gasteiger partial charge on any atom is 0.495 e. The second-order valence-corrected chi connectivity index (χ2v) is 12.7. The van der Waals surface area contributed by atoms with Crippen LogP contribution in [0.3, 0.4) is 0 Å². The van der Waals surface area contributed by atoms with Crippen molar-refractivity contribution in [1.82, 2.24) is 19.8 Å². The number of carbonyl (C=O) groups excluding carboxylic acids is 2. The van der Waals surface area contributed by atoms with Crippen molar-refractivity contribution in [2.45, 2.75) is 52.2 Å². The lowest BCUT2D eigenvalue weighted by Gasteiger charge is -2.35. The Morgan fingerprint density at radius 3 is 2.41 bits per heavy atom. The number of halogens is 1. The second-order valence-electron chi connectivity index (χ2n) is 12.7. The average Bonchev–Trinajstić information content (AvgIpc) is 3.55. The topological polar surface area (TPSA) is 100 Å². The van der Waals surface area contributed by atoms with Crippen LogP contribution in [0.2, 0.25) is 0 Å². The molecule has 232 valence electrons. The number of ether oxygens (including phenoxy) is 1. The van der Waals surface area contributed by atoms with Gasteiger partial charge in [0.2, 0.25) is 5.91 Å². The third kappa shape index (κ3) is 5.24. The molecule has 3 aromatic rings. The van der Waals surface area contributed by atoms with Gasteiger partial charge in [-0.25, -0.2) is 9.37 Å². The molecule has 3 aliphatic rings. The number of fused-ring (bicyclic) bond motifs is 1. The number of nitrogens with zero attached hydrogens (tertiary/aromatic N) is 4. The molecule has 2 saturated heterocycles. The van der Waals surface area contributed by atoms with E-state index < -0.39 is 24.1 Å². The zero-order chi connectivity index (χ0) is 31.4. The molecule has 0 radical (unpaired) electrons. The Morgan fingerprint density at radius 1 is 1.05 bits per heavy atom. The number of rotatable bonds is 5. The average molecular weight is 604 g/mol. The molecule has 2 aromatic heterocycles. The third-order valence-electron chi connectivity index (χ3n) is 9.40. The van der Waals surface area contributed by atoms with Crippen molar-refractivity contribution in [1.29, 1.82) is 0 Å². The molecule has 2 fully saturated rings. The quantitative estimate of drug-likeness (QED) is 0.445. The number of hydrogen-bond donors (Lipinski definition) is 1. The summed E-state index contributed by atoms with van der Waals surface area (Å²) in [5.74, 6) is 0.688. The summed E-state index contributed by atoms with van der Waals surface area (Å²) in [5, 5.41) is 0.532. The fraction of sp³-hybridized carbons (Fsp3) is 0.469. The highest BCUT2D eigenvalue weighted by Crippen LogP contribution is 2.38. The molecule has 0 aliphatic carbocycles.